The van der Waals surface area contributed by atoms with E-state index in [2.05, 4.69) is 44.7 Å². The molecule has 0 aliphatic carbocycles. The van der Waals surface area contributed by atoms with Gasteiger partial charge in [-0.1, -0.05) is 13.8 Å². The lowest BCUT2D eigenvalue weighted by Crippen LogP contribution is -2.30. The normalized spacial score (nSPS) is 14.5. The summed E-state index contributed by atoms with van der Waals surface area (Å²) in [5.74, 6) is 1.53. The fraction of sp³-hybridized carbons (Fsp3) is 0.667. The van der Waals surface area contributed by atoms with Crippen molar-refractivity contribution in [2.45, 2.75) is 46.1 Å². The number of likely N-dealkylation sites (N-methyl/N-ethyl adjacent to an activating group) is 1. The number of nitrogens with zero attached hydrogens (tertiary/aromatic N) is 2. The summed E-state index contributed by atoms with van der Waals surface area (Å²) in [5, 5.41) is 0. The zero-order chi connectivity index (χ0) is 19.2. The lowest BCUT2D eigenvalue weighted by atomic mass is 9.86. The molecule has 1 aromatic carbocycles. The van der Waals surface area contributed by atoms with Gasteiger partial charge in [0.15, 0.2) is 11.5 Å². The number of methoxy groups -OCH3 is 2. The predicted molar refractivity (Wildman–Crippen MR) is 138 cm³/mol. The van der Waals surface area contributed by atoms with Gasteiger partial charge in [-0.05, 0) is 51.1 Å². The van der Waals surface area contributed by atoms with Crippen LogP contribution < -0.4 is 9.47 Å². The van der Waals surface area contributed by atoms with E-state index in [0.717, 1.165) is 61.9 Å². The molecule has 0 fully saturated rings. The molecule has 0 spiro atoms. The van der Waals surface area contributed by atoms with E-state index < -0.39 is 0 Å². The first-order chi connectivity index (χ1) is 12.4. The number of hydrogen-bond acceptors (Lipinski definition) is 5. The molecule has 0 saturated heterocycles. The van der Waals surface area contributed by atoms with Crippen LogP contribution in [0.15, 0.2) is 17.1 Å². The van der Waals surface area contributed by atoms with Crippen LogP contribution in [-0.2, 0) is 11.2 Å². The Morgan fingerprint density at radius 2 is 1.61 bits per heavy atom. The minimum Gasteiger partial charge on any atom is -0.493 e. The molecule has 0 radical (unpaired) electrons. The smallest absolute Gasteiger partial charge is 0.161 e. The summed E-state index contributed by atoms with van der Waals surface area (Å²) in [7, 11) is 3.35. The lowest BCUT2D eigenvalue weighted by Gasteiger charge is -2.30. The number of fused-ring (bicyclic) bond motifs is 1. The van der Waals surface area contributed by atoms with Crippen molar-refractivity contribution in [3.05, 3.63) is 23.3 Å². The predicted octanol–water partition coefficient (Wildman–Crippen LogP) is 4.81. The zero-order valence-corrected chi connectivity index (χ0v) is 22.7. The monoisotopic (exact) mass is 618 g/mol. The third kappa shape index (κ3) is 7.60. The highest BCUT2D eigenvalue weighted by Crippen LogP contribution is 2.36. The molecule has 0 bridgehead atoms. The van der Waals surface area contributed by atoms with Crippen LogP contribution >= 0.6 is 48.0 Å². The molecule has 0 amide bonds. The molecule has 1 aromatic rings. The summed E-state index contributed by atoms with van der Waals surface area (Å²) in [4.78, 5) is 7.35. The van der Waals surface area contributed by atoms with Crippen molar-refractivity contribution in [2.24, 2.45) is 4.99 Å². The average Bonchev–Trinajstić information content (AvgIpc) is 2.62. The van der Waals surface area contributed by atoms with Gasteiger partial charge in [-0.25, -0.2) is 0 Å². The highest BCUT2D eigenvalue weighted by Gasteiger charge is 2.28. The van der Waals surface area contributed by atoms with Gasteiger partial charge in [0.1, 0.15) is 0 Å². The maximum Gasteiger partial charge on any atom is 0.161 e. The highest BCUT2D eigenvalue weighted by molar-refractivity contribution is 14.0. The molecule has 1 aliphatic rings. The average molecular weight is 618 g/mol. The van der Waals surface area contributed by atoms with Gasteiger partial charge < -0.3 is 19.1 Å². The summed E-state index contributed by atoms with van der Waals surface area (Å²) in [6.45, 7) is 13.3. The Labute approximate surface area is 204 Å². The number of rotatable bonds is 10. The molecule has 28 heavy (non-hydrogen) atoms. The Bertz CT molecular complexity index is 632. The summed E-state index contributed by atoms with van der Waals surface area (Å²) in [5.41, 5.74) is 3.42. The largest absolute Gasteiger partial charge is 0.493 e. The maximum atomic E-state index is 5.88. The second-order valence-electron chi connectivity index (χ2n) is 7.30. The third-order valence-electron chi connectivity index (χ3n) is 4.91. The Balaban J connectivity index is 0.00000364. The molecule has 0 N–H and O–H groups in total. The Morgan fingerprint density at radius 3 is 2.18 bits per heavy atom. The van der Waals surface area contributed by atoms with Crippen LogP contribution in [0.1, 0.15) is 45.2 Å². The van der Waals surface area contributed by atoms with Crippen LogP contribution in [0.2, 0.25) is 0 Å². The molecule has 0 saturated carbocycles. The lowest BCUT2D eigenvalue weighted by molar-refractivity contribution is 0.112. The van der Waals surface area contributed by atoms with Crippen molar-refractivity contribution in [2.75, 3.05) is 47.1 Å². The van der Waals surface area contributed by atoms with E-state index in [1.807, 2.05) is 0 Å². The zero-order valence-electron chi connectivity index (χ0n) is 18.0. The number of benzene rings is 1. The van der Waals surface area contributed by atoms with Gasteiger partial charge in [0.2, 0.25) is 0 Å². The Morgan fingerprint density at radius 1 is 1.00 bits per heavy atom. The minimum atomic E-state index is -0.108. The molecule has 7 heteroatoms. The van der Waals surface area contributed by atoms with Crippen LogP contribution in [0, 0.1) is 0 Å². The van der Waals surface area contributed by atoms with Gasteiger partial charge in [0.05, 0.1) is 33.0 Å². The van der Waals surface area contributed by atoms with Crippen LogP contribution in [0.25, 0.3) is 0 Å². The number of hydrogen-bond donors (Lipinski definition) is 0. The van der Waals surface area contributed by atoms with E-state index in [1.165, 1.54) is 5.56 Å². The van der Waals surface area contributed by atoms with E-state index in [-0.39, 0.29) is 53.5 Å². The van der Waals surface area contributed by atoms with Crippen LogP contribution in [0.5, 0.6) is 11.5 Å². The third-order valence-corrected chi connectivity index (χ3v) is 4.91. The fourth-order valence-electron chi connectivity index (χ4n) is 3.46. The topological polar surface area (TPSA) is 43.3 Å². The second-order valence-corrected chi connectivity index (χ2v) is 7.30. The Hall–Kier alpha value is -0.130. The van der Waals surface area contributed by atoms with Crippen molar-refractivity contribution in [1.82, 2.24) is 4.90 Å². The van der Waals surface area contributed by atoms with Crippen molar-refractivity contribution in [3.63, 3.8) is 0 Å². The van der Waals surface area contributed by atoms with E-state index >= 15 is 0 Å². The molecule has 1 aliphatic heterocycles. The van der Waals surface area contributed by atoms with Gasteiger partial charge in [-0.3, -0.25) is 4.99 Å². The summed E-state index contributed by atoms with van der Waals surface area (Å²) in [6, 6.07) is 4.14. The first kappa shape index (κ1) is 27.9. The quantitative estimate of drug-likeness (QED) is 0.279. The molecule has 0 unspecified atom stereocenters. The standard InChI is InChI=1S/C21H34N2O3.2HI/c1-7-23(8-2)10-12-26-11-9-18-17-14-20(25-6)19(24-5)13-16(17)15-21(3,4)22-18;;/h13-14H,7-12,15H2,1-6H3;2*1H. The van der Waals surface area contributed by atoms with Crippen LogP contribution in [0.3, 0.4) is 0 Å². The Kier molecular flexibility index (Phi) is 13.2. The van der Waals surface area contributed by atoms with Crippen molar-refractivity contribution in [3.8, 4) is 11.5 Å². The first-order valence-corrected chi connectivity index (χ1v) is 9.58. The van der Waals surface area contributed by atoms with Gasteiger partial charge >= 0.3 is 0 Å². The molecular weight excluding hydrogens is 582 g/mol. The molecular formula is C21H36I2N2O3. The fourth-order valence-corrected chi connectivity index (χ4v) is 3.46. The van der Waals surface area contributed by atoms with Gasteiger partial charge in [-0.15, -0.1) is 48.0 Å². The van der Waals surface area contributed by atoms with Gasteiger partial charge in [0.25, 0.3) is 0 Å². The van der Waals surface area contributed by atoms with Gasteiger partial charge in [-0.2, -0.15) is 0 Å². The first-order valence-electron chi connectivity index (χ1n) is 9.58. The highest BCUT2D eigenvalue weighted by atomic mass is 127. The summed E-state index contributed by atoms with van der Waals surface area (Å²) in [6.07, 6.45) is 1.71. The minimum absolute atomic E-state index is 0. The second kappa shape index (κ2) is 13.2. The van der Waals surface area contributed by atoms with Gasteiger partial charge in [0, 0.05) is 24.2 Å². The SMILES string of the molecule is CCN(CC)CCOCCC1=NC(C)(C)Cc2cc(OC)c(OC)cc21.I.I. The molecule has 5 nitrogen and oxygen atoms in total. The molecule has 162 valence electrons. The van der Waals surface area contributed by atoms with Crippen molar-refractivity contribution < 1.29 is 14.2 Å². The van der Waals surface area contributed by atoms with E-state index in [0.29, 0.717) is 6.61 Å². The van der Waals surface area contributed by atoms with E-state index in [9.17, 15) is 0 Å². The molecule has 0 aromatic heterocycles. The van der Waals surface area contributed by atoms with Crippen molar-refractivity contribution in [1.29, 1.82) is 0 Å². The molecule has 0 atom stereocenters. The van der Waals surface area contributed by atoms with Crippen LogP contribution in [-0.4, -0.2) is 63.2 Å². The van der Waals surface area contributed by atoms with E-state index in [4.69, 9.17) is 19.2 Å². The van der Waals surface area contributed by atoms with Crippen LogP contribution in [0.4, 0.5) is 0 Å². The summed E-state index contributed by atoms with van der Waals surface area (Å²) >= 11 is 0. The van der Waals surface area contributed by atoms with Crippen molar-refractivity contribution >= 4 is 53.7 Å². The number of aliphatic imine (C=N–C) groups is 1. The number of halogens is 2. The molecule has 1 heterocycles. The maximum absolute atomic E-state index is 5.88. The molecule has 2 rings (SSSR count). The summed E-state index contributed by atoms with van der Waals surface area (Å²) < 4.78 is 16.8. The van der Waals surface area contributed by atoms with E-state index in [1.54, 1.807) is 14.2 Å². The number of ether oxygens (including phenoxy) is 3.